The number of aromatic nitrogens is 1. The third kappa shape index (κ3) is 4.62. The second-order valence-corrected chi connectivity index (χ2v) is 6.71. The van der Waals surface area contributed by atoms with Crippen molar-refractivity contribution >= 4 is 39.1 Å². The molecule has 0 aliphatic rings. The number of carbonyl (C=O) groups is 2. The van der Waals surface area contributed by atoms with Crippen molar-refractivity contribution in [3.8, 4) is 0 Å². The van der Waals surface area contributed by atoms with E-state index in [2.05, 4.69) is 25.7 Å². The number of benzene rings is 1. The maximum atomic E-state index is 12.7. The van der Waals surface area contributed by atoms with Crippen LogP contribution in [-0.2, 0) is 11.3 Å². The Morgan fingerprint density at radius 1 is 1.39 bits per heavy atom. The Bertz CT molecular complexity index is 702. The molecule has 2 rings (SSSR count). The number of methoxy groups -OCH3 is 1. The van der Waals surface area contributed by atoms with Crippen LogP contribution in [-0.4, -0.2) is 35.4 Å². The Morgan fingerprint density at radius 3 is 2.83 bits per heavy atom. The number of amides is 1. The summed E-state index contributed by atoms with van der Waals surface area (Å²) in [7, 11) is 1.32. The van der Waals surface area contributed by atoms with E-state index in [0.29, 0.717) is 23.7 Å². The zero-order chi connectivity index (χ0) is 16.8. The lowest BCUT2D eigenvalue weighted by Crippen LogP contribution is -2.31. The van der Waals surface area contributed by atoms with E-state index in [-0.39, 0.29) is 11.6 Å². The van der Waals surface area contributed by atoms with Crippen LogP contribution >= 0.6 is 27.3 Å². The van der Waals surface area contributed by atoms with Crippen molar-refractivity contribution in [1.82, 2.24) is 9.88 Å². The summed E-state index contributed by atoms with van der Waals surface area (Å²) in [5.74, 6) is -0.518. The molecule has 122 valence electrons. The van der Waals surface area contributed by atoms with E-state index in [9.17, 15) is 9.59 Å². The molecule has 5 nitrogen and oxygen atoms in total. The van der Waals surface area contributed by atoms with Gasteiger partial charge in [-0.05, 0) is 24.6 Å². The van der Waals surface area contributed by atoms with Gasteiger partial charge in [-0.25, -0.2) is 9.78 Å². The van der Waals surface area contributed by atoms with Gasteiger partial charge in [0.1, 0.15) is 5.01 Å². The molecule has 0 bridgehead atoms. The Labute approximate surface area is 147 Å². The molecule has 0 aliphatic carbocycles. The van der Waals surface area contributed by atoms with Crippen molar-refractivity contribution < 1.29 is 14.3 Å². The summed E-state index contributed by atoms with van der Waals surface area (Å²) in [5.41, 5.74) is 0.899. The highest BCUT2D eigenvalue weighted by atomic mass is 79.9. The molecule has 1 heterocycles. The van der Waals surface area contributed by atoms with E-state index in [1.165, 1.54) is 18.4 Å². The minimum atomic E-state index is -0.465. The fourth-order valence-electron chi connectivity index (χ4n) is 2.07. The molecular formula is C16H17BrN2O3S. The van der Waals surface area contributed by atoms with E-state index >= 15 is 0 Å². The van der Waals surface area contributed by atoms with Crippen molar-refractivity contribution in [1.29, 1.82) is 0 Å². The first-order valence-corrected chi connectivity index (χ1v) is 8.80. The van der Waals surface area contributed by atoms with Crippen LogP contribution in [0.5, 0.6) is 0 Å². The molecule has 0 fully saturated rings. The SMILES string of the molecule is CCCN(Cc1nc(C(=O)OC)cs1)C(=O)c1cccc(Br)c1. The average Bonchev–Trinajstić information content (AvgIpc) is 3.01. The van der Waals surface area contributed by atoms with E-state index in [0.717, 1.165) is 10.9 Å². The van der Waals surface area contributed by atoms with Crippen molar-refractivity contribution in [2.24, 2.45) is 0 Å². The van der Waals surface area contributed by atoms with Crippen LogP contribution in [0.3, 0.4) is 0 Å². The summed E-state index contributed by atoms with van der Waals surface area (Å²) in [6, 6.07) is 7.30. The largest absolute Gasteiger partial charge is 0.464 e. The monoisotopic (exact) mass is 396 g/mol. The van der Waals surface area contributed by atoms with Gasteiger partial charge in [-0.1, -0.05) is 28.9 Å². The maximum absolute atomic E-state index is 12.7. The smallest absolute Gasteiger partial charge is 0.357 e. The van der Waals surface area contributed by atoms with Gasteiger partial charge in [-0.2, -0.15) is 0 Å². The number of ether oxygens (including phenoxy) is 1. The predicted octanol–water partition coefficient (Wildman–Crippen LogP) is 3.74. The molecule has 0 spiro atoms. The molecule has 1 aromatic heterocycles. The van der Waals surface area contributed by atoms with Crippen LogP contribution in [0.2, 0.25) is 0 Å². The Hall–Kier alpha value is -1.73. The summed E-state index contributed by atoms with van der Waals surface area (Å²) in [4.78, 5) is 30.1. The summed E-state index contributed by atoms with van der Waals surface area (Å²) in [5, 5.41) is 2.36. The molecule has 0 N–H and O–H groups in total. The fourth-order valence-corrected chi connectivity index (χ4v) is 3.25. The number of thiazole rings is 1. The molecule has 1 aromatic carbocycles. The third-order valence-electron chi connectivity index (χ3n) is 3.12. The minimum Gasteiger partial charge on any atom is -0.464 e. The van der Waals surface area contributed by atoms with Gasteiger partial charge >= 0.3 is 5.97 Å². The number of halogens is 1. The second-order valence-electron chi connectivity index (χ2n) is 4.86. The quantitative estimate of drug-likeness (QED) is 0.697. The van der Waals surface area contributed by atoms with E-state index in [1.54, 1.807) is 22.4 Å². The van der Waals surface area contributed by atoms with Crippen LogP contribution in [0.4, 0.5) is 0 Å². The molecule has 7 heteroatoms. The number of rotatable bonds is 6. The minimum absolute atomic E-state index is 0.0528. The number of carbonyl (C=O) groups excluding carboxylic acids is 2. The topological polar surface area (TPSA) is 59.5 Å². The van der Waals surface area contributed by atoms with Gasteiger partial charge in [0.2, 0.25) is 0 Å². The molecule has 0 saturated carbocycles. The molecular weight excluding hydrogens is 380 g/mol. The van der Waals surface area contributed by atoms with E-state index in [4.69, 9.17) is 0 Å². The van der Waals surface area contributed by atoms with Crippen molar-refractivity contribution in [3.63, 3.8) is 0 Å². The van der Waals surface area contributed by atoms with E-state index in [1.807, 2.05) is 19.1 Å². The highest BCUT2D eigenvalue weighted by Gasteiger charge is 2.18. The summed E-state index contributed by atoms with van der Waals surface area (Å²) in [6.45, 7) is 3.02. The van der Waals surface area contributed by atoms with Gasteiger partial charge in [0.05, 0.1) is 13.7 Å². The molecule has 0 saturated heterocycles. The Kier molecular flexibility index (Phi) is 6.29. The molecule has 0 radical (unpaired) electrons. The number of hydrogen-bond acceptors (Lipinski definition) is 5. The normalized spacial score (nSPS) is 10.4. The molecule has 2 aromatic rings. The first kappa shape index (κ1) is 17.6. The second kappa shape index (κ2) is 8.21. The van der Waals surface area contributed by atoms with Crippen molar-refractivity contribution in [2.45, 2.75) is 19.9 Å². The maximum Gasteiger partial charge on any atom is 0.357 e. The number of hydrogen-bond donors (Lipinski definition) is 0. The van der Waals surface area contributed by atoms with Crippen LogP contribution in [0.15, 0.2) is 34.1 Å². The molecule has 0 aliphatic heterocycles. The third-order valence-corrected chi connectivity index (χ3v) is 4.45. The van der Waals surface area contributed by atoms with Crippen molar-refractivity contribution in [3.05, 3.63) is 50.4 Å². The van der Waals surface area contributed by atoms with Crippen LogP contribution < -0.4 is 0 Å². The first-order chi connectivity index (χ1) is 11.0. The standard InChI is InChI=1S/C16H17BrN2O3S/c1-3-7-19(15(20)11-5-4-6-12(17)8-11)9-14-18-13(10-23-14)16(21)22-2/h4-6,8,10H,3,7,9H2,1-2H3. The van der Waals surface area contributed by atoms with Crippen LogP contribution in [0.1, 0.15) is 39.2 Å². The molecule has 0 unspecified atom stereocenters. The van der Waals surface area contributed by atoms with Gasteiger partial charge < -0.3 is 9.64 Å². The molecule has 23 heavy (non-hydrogen) atoms. The Morgan fingerprint density at radius 2 is 2.17 bits per heavy atom. The average molecular weight is 397 g/mol. The highest BCUT2D eigenvalue weighted by molar-refractivity contribution is 9.10. The predicted molar refractivity (Wildman–Crippen MR) is 92.6 cm³/mol. The number of esters is 1. The van der Waals surface area contributed by atoms with Gasteiger partial charge in [0, 0.05) is 22.0 Å². The Balaban J connectivity index is 2.16. The summed E-state index contributed by atoms with van der Waals surface area (Å²) >= 11 is 4.73. The fraction of sp³-hybridized carbons (Fsp3) is 0.312. The summed E-state index contributed by atoms with van der Waals surface area (Å²) < 4.78 is 5.51. The molecule has 0 atom stereocenters. The zero-order valence-corrected chi connectivity index (χ0v) is 15.3. The molecule has 1 amide bonds. The summed E-state index contributed by atoms with van der Waals surface area (Å²) in [6.07, 6.45) is 0.842. The zero-order valence-electron chi connectivity index (χ0n) is 12.9. The van der Waals surface area contributed by atoms with E-state index < -0.39 is 5.97 Å². The van der Waals surface area contributed by atoms with Crippen LogP contribution in [0.25, 0.3) is 0 Å². The van der Waals surface area contributed by atoms with Gasteiger partial charge in [-0.15, -0.1) is 11.3 Å². The first-order valence-electron chi connectivity index (χ1n) is 7.12. The van der Waals surface area contributed by atoms with Crippen LogP contribution in [0, 0.1) is 0 Å². The van der Waals surface area contributed by atoms with Gasteiger partial charge in [0.25, 0.3) is 5.91 Å². The highest BCUT2D eigenvalue weighted by Crippen LogP contribution is 2.17. The lowest BCUT2D eigenvalue weighted by Gasteiger charge is -2.21. The van der Waals surface area contributed by atoms with Gasteiger partial charge in [-0.3, -0.25) is 4.79 Å². The lowest BCUT2D eigenvalue weighted by atomic mass is 10.2. The number of nitrogens with zero attached hydrogens (tertiary/aromatic N) is 2. The lowest BCUT2D eigenvalue weighted by molar-refractivity contribution is 0.0594. The van der Waals surface area contributed by atoms with Gasteiger partial charge in [0.15, 0.2) is 5.69 Å². The van der Waals surface area contributed by atoms with Crippen molar-refractivity contribution in [2.75, 3.05) is 13.7 Å².